The monoisotopic (exact) mass is 405 g/mol. The van der Waals surface area contributed by atoms with E-state index in [4.69, 9.17) is 9.47 Å². The van der Waals surface area contributed by atoms with Crippen LogP contribution in [-0.4, -0.2) is 64.5 Å². The van der Waals surface area contributed by atoms with Crippen LogP contribution in [0.15, 0.2) is 29.3 Å². The lowest BCUT2D eigenvalue weighted by Crippen LogP contribution is -2.47. The summed E-state index contributed by atoms with van der Waals surface area (Å²) in [5.41, 5.74) is 1.30. The molecule has 0 bridgehead atoms. The summed E-state index contributed by atoms with van der Waals surface area (Å²) in [6.07, 6.45) is 7.13. The van der Waals surface area contributed by atoms with Gasteiger partial charge in [0, 0.05) is 45.1 Å². The molecule has 0 aromatic heterocycles. The number of methoxy groups -OCH3 is 1. The van der Waals surface area contributed by atoms with E-state index in [1.807, 2.05) is 19.2 Å². The Kier molecular flexibility index (Phi) is 8.30. The van der Waals surface area contributed by atoms with Gasteiger partial charge in [-0.05, 0) is 37.0 Å². The maximum atomic E-state index is 13.5. The zero-order valence-corrected chi connectivity index (χ0v) is 18.0. The van der Waals surface area contributed by atoms with Gasteiger partial charge in [-0.25, -0.2) is 4.39 Å². The number of guanidine groups is 1. The quantitative estimate of drug-likeness (QED) is 0.408. The van der Waals surface area contributed by atoms with E-state index in [-0.39, 0.29) is 11.2 Å². The molecule has 162 valence electrons. The van der Waals surface area contributed by atoms with Gasteiger partial charge in [0.1, 0.15) is 5.82 Å². The third kappa shape index (κ3) is 5.92. The second-order valence-corrected chi connectivity index (χ2v) is 8.42. The molecule has 0 radical (unpaired) electrons. The van der Waals surface area contributed by atoms with Gasteiger partial charge in [-0.3, -0.25) is 4.99 Å². The summed E-state index contributed by atoms with van der Waals surface area (Å²) in [5.74, 6) is 1.34. The smallest absolute Gasteiger partial charge is 0.193 e. The first-order valence-electron chi connectivity index (χ1n) is 11.0. The lowest BCUT2D eigenvalue weighted by molar-refractivity contribution is 0.0536. The molecule has 3 rings (SSSR count). The average Bonchev–Trinajstić information content (AvgIpc) is 3.21. The van der Waals surface area contributed by atoms with Gasteiger partial charge in [-0.1, -0.05) is 31.4 Å². The fourth-order valence-corrected chi connectivity index (χ4v) is 4.73. The molecule has 0 amide bonds. The number of ether oxygens (including phenoxy) is 2. The van der Waals surface area contributed by atoms with Crippen LogP contribution in [0, 0.1) is 11.7 Å². The molecule has 1 aromatic carbocycles. The van der Waals surface area contributed by atoms with Crippen molar-refractivity contribution in [2.75, 3.05) is 53.6 Å². The van der Waals surface area contributed by atoms with E-state index in [0.29, 0.717) is 19.1 Å². The van der Waals surface area contributed by atoms with E-state index < -0.39 is 0 Å². The summed E-state index contributed by atoms with van der Waals surface area (Å²) in [7, 11) is 3.55. The molecule has 29 heavy (non-hydrogen) atoms. The van der Waals surface area contributed by atoms with Crippen LogP contribution >= 0.6 is 0 Å². The Morgan fingerprint density at radius 1 is 1.21 bits per heavy atom. The van der Waals surface area contributed by atoms with Gasteiger partial charge < -0.3 is 19.7 Å². The van der Waals surface area contributed by atoms with Crippen LogP contribution in [0.3, 0.4) is 0 Å². The van der Waals surface area contributed by atoms with Crippen molar-refractivity contribution in [2.24, 2.45) is 10.9 Å². The molecule has 1 saturated heterocycles. The Balaban J connectivity index is 1.57. The van der Waals surface area contributed by atoms with E-state index in [2.05, 4.69) is 15.2 Å². The SMILES string of the molecule is CN=C(NCC1(c2ccc(F)cc2)CCCCC1)N1CCC(COCCOC)C1. The Labute approximate surface area is 174 Å². The summed E-state index contributed by atoms with van der Waals surface area (Å²) >= 11 is 0. The number of hydrogen-bond acceptors (Lipinski definition) is 3. The van der Waals surface area contributed by atoms with Crippen LogP contribution in [0.25, 0.3) is 0 Å². The van der Waals surface area contributed by atoms with Gasteiger partial charge in [0.25, 0.3) is 0 Å². The second kappa shape index (κ2) is 10.9. The first-order valence-corrected chi connectivity index (χ1v) is 11.0. The number of nitrogens with one attached hydrogen (secondary N) is 1. The van der Waals surface area contributed by atoms with Crippen LogP contribution < -0.4 is 5.32 Å². The zero-order chi connectivity index (χ0) is 20.5. The Morgan fingerprint density at radius 3 is 2.66 bits per heavy atom. The Hall–Kier alpha value is -1.66. The molecule has 0 spiro atoms. The Bertz CT molecular complexity index is 644. The molecule has 5 nitrogen and oxygen atoms in total. The normalized spacial score (nSPS) is 22.1. The van der Waals surface area contributed by atoms with Crippen molar-refractivity contribution < 1.29 is 13.9 Å². The molecule has 2 fully saturated rings. The molecule has 1 saturated carbocycles. The minimum Gasteiger partial charge on any atom is -0.382 e. The number of hydrogen-bond donors (Lipinski definition) is 1. The molecule has 1 heterocycles. The van der Waals surface area contributed by atoms with Gasteiger partial charge in [0.2, 0.25) is 0 Å². The maximum absolute atomic E-state index is 13.5. The molecule has 1 atom stereocenters. The maximum Gasteiger partial charge on any atom is 0.193 e. The predicted molar refractivity (Wildman–Crippen MR) is 115 cm³/mol. The van der Waals surface area contributed by atoms with Crippen molar-refractivity contribution in [3.63, 3.8) is 0 Å². The average molecular weight is 406 g/mol. The molecule has 1 N–H and O–H groups in total. The zero-order valence-electron chi connectivity index (χ0n) is 18.0. The molecule has 1 unspecified atom stereocenters. The predicted octanol–water partition coefficient (Wildman–Crippen LogP) is 3.59. The largest absolute Gasteiger partial charge is 0.382 e. The van der Waals surface area contributed by atoms with Crippen LogP contribution in [0.1, 0.15) is 44.1 Å². The van der Waals surface area contributed by atoms with Gasteiger partial charge >= 0.3 is 0 Å². The first-order chi connectivity index (χ1) is 14.2. The van der Waals surface area contributed by atoms with Gasteiger partial charge in [0.05, 0.1) is 19.8 Å². The van der Waals surface area contributed by atoms with Gasteiger partial charge in [0.15, 0.2) is 5.96 Å². The van der Waals surface area contributed by atoms with Crippen molar-refractivity contribution in [1.82, 2.24) is 10.2 Å². The highest BCUT2D eigenvalue weighted by molar-refractivity contribution is 5.80. The van der Waals surface area contributed by atoms with E-state index >= 15 is 0 Å². The molecule has 2 aliphatic rings. The summed E-state index contributed by atoms with van der Waals surface area (Å²) in [6, 6.07) is 7.12. The summed E-state index contributed by atoms with van der Waals surface area (Å²) in [6.45, 7) is 4.89. The number of likely N-dealkylation sites (tertiary alicyclic amines) is 1. The highest BCUT2D eigenvalue weighted by Gasteiger charge is 2.35. The van der Waals surface area contributed by atoms with Gasteiger partial charge in [-0.15, -0.1) is 0 Å². The van der Waals surface area contributed by atoms with Crippen LogP contribution in [0.5, 0.6) is 0 Å². The highest BCUT2D eigenvalue weighted by atomic mass is 19.1. The van der Waals surface area contributed by atoms with Crippen molar-refractivity contribution in [3.8, 4) is 0 Å². The van der Waals surface area contributed by atoms with Crippen LogP contribution in [0.2, 0.25) is 0 Å². The third-order valence-electron chi connectivity index (χ3n) is 6.43. The van der Waals surface area contributed by atoms with Crippen molar-refractivity contribution >= 4 is 5.96 Å². The minimum atomic E-state index is -0.167. The second-order valence-electron chi connectivity index (χ2n) is 8.42. The van der Waals surface area contributed by atoms with Crippen molar-refractivity contribution in [2.45, 2.75) is 43.9 Å². The number of nitrogens with zero attached hydrogens (tertiary/aromatic N) is 2. The molecule has 6 heteroatoms. The molecule has 1 aromatic rings. The molecular weight excluding hydrogens is 369 g/mol. The highest BCUT2D eigenvalue weighted by Crippen LogP contribution is 2.39. The summed E-state index contributed by atoms with van der Waals surface area (Å²) < 4.78 is 24.2. The number of benzene rings is 1. The molecule has 1 aliphatic heterocycles. The van der Waals surface area contributed by atoms with E-state index in [1.54, 1.807) is 19.2 Å². The summed E-state index contributed by atoms with van der Waals surface area (Å²) in [5, 5.41) is 3.65. The number of halogens is 1. The Morgan fingerprint density at radius 2 is 1.97 bits per heavy atom. The number of rotatable bonds is 8. The standard InChI is InChI=1S/C23H36FN3O2/c1-25-22(27-13-10-19(16-27)17-29-15-14-28-2)26-18-23(11-4-3-5-12-23)20-6-8-21(24)9-7-20/h6-9,19H,3-5,10-18H2,1-2H3,(H,25,26). The van der Waals surface area contributed by atoms with Crippen LogP contribution in [0.4, 0.5) is 4.39 Å². The van der Waals surface area contributed by atoms with E-state index in [1.165, 1.54) is 24.8 Å². The fourth-order valence-electron chi connectivity index (χ4n) is 4.73. The van der Waals surface area contributed by atoms with E-state index in [9.17, 15) is 4.39 Å². The van der Waals surface area contributed by atoms with E-state index in [0.717, 1.165) is 51.5 Å². The van der Waals surface area contributed by atoms with Gasteiger partial charge in [-0.2, -0.15) is 0 Å². The summed E-state index contributed by atoms with van der Waals surface area (Å²) in [4.78, 5) is 6.89. The molecular formula is C23H36FN3O2. The van der Waals surface area contributed by atoms with Crippen LogP contribution in [-0.2, 0) is 14.9 Å². The first kappa shape index (κ1) is 22.0. The van der Waals surface area contributed by atoms with Crippen molar-refractivity contribution in [3.05, 3.63) is 35.6 Å². The third-order valence-corrected chi connectivity index (χ3v) is 6.43. The van der Waals surface area contributed by atoms with Crippen molar-refractivity contribution in [1.29, 1.82) is 0 Å². The fraction of sp³-hybridized carbons (Fsp3) is 0.696. The topological polar surface area (TPSA) is 46.1 Å². The lowest BCUT2D eigenvalue weighted by atomic mass is 9.69. The minimum absolute atomic E-state index is 0.0598. The molecule has 1 aliphatic carbocycles. The lowest BCUT2D eigenvalue weighted by Gasteiger charge is -2.39. The number of aliphatic imine (C=N–C) groups is 1.